The first-order valence-electron chi connectivity index (χ1n) is 30.9. The van der Waals surface area contributed by atoms with Crippen molar-refractivity contribution in [1.82, 2.24) is 0 Å². The number of allylic oxidation sites excluding steroid dienone is 18. The minimum atomic E-state index is -0.797. The summed E-state index contributed by atoms with van der Waals surface area (Å²) in [6.45, 7) is 6.39. The van der Waals surface area contributed by atoms with E-state index in [9.17, 15) is 14.4 Å². The highest BCUT2D eigenvalue weighted by molar-refractivity contribution is 5.71. The Morgan fingerprint density at radius 2 is 0.527 bits per heavy atom. The monoisotopic (exact) mass is 1030 g/mol. The molecule has 1 atom stereocenters. The molecule has 1 unspecified atom stereocenters. The molecule has 0 spiro atoms. The lowest BCUT2D eigenvalue weighted by molar-refractivity contribution is -0.167. The molecule has 0 rings (SSSR count). The number of hydrogen-bond acceptors (Lipinski definition) is 6. The van der Waals surface area contributed by atoms with E-state index in [0.717, 1.165) is 128 Å². The molecule has 0 fully saturated rings. The first-order chi connectivity index (χ1) is 36.5. The maximum absolute atomic E-state index is 12.9. The number of esters is 3. The molecule has 0 aromatic carbocycles. The van der Waals surface area contributed by atoms with Gasteiger partial charge in [-0.05, 0) is 122 Å². The molecule has 0 aromatic heterocycles. The van der Waals surface area contributed by atoms with Crippen molar-refractivity contribution < 1.29 is 28.6 Å². The topological polar surface area (TPSA) is 78.9 Å². The van der Waals surface area contributed by atoms with Crippen molar-refractivity contribution in [3.63, 3.8) is 0 Å². The van der Waals surface area contributed by atoms with Crippen LogP contribution in [0.1, 0.15) is 284 Å². The summed E-state index contributed by atoms with van der Waals surface area (Å²) >= 11 is 0. The van der Waals surface area contributed by atoms with Crippen LogP contribution < -0.4 is 0 Å². The van der Waals surface area contributed by atoms with Gasteiger partial charge in [-0.25, -0.2) is 0 Å². The van der Waals surface area contributed by atoms with Crippen LogP contribution in [0.25, 0.3) is 0 Å². The predicted molar refractivity (Wildman–Crippen MR) is 320 cm³/mol. The van der Waals surface area contributed by atoms with E-state index in [0.29, 0.717) is 19.3 Å². The molecule has 0 aliphatic rings. The van der Waals surface area contributed by atoms with Crippen molar-refractivity contribution in [1.29, 1.82) is 0 Å². The van der Waals surface area contributed by atoms with Crippen molar-refractivity contribution in [2.24, 2.45) is 0 Å². The van der Waals surface area contributed by atoms with E-state index in [1.807, 2.05) is 0 Å². The molecule has 0 heterocycles. The zero-order chi connectivity index (χ0) is 53.6. The Labute approximate surface area is 457 Å². The molecule has 0 amide bonds. The molecule has 0 radical (unpaired) electrons. The molecule has 0 aliphatic heterocycles. The molecule has 422 valence electrons. The highest BCUT2D eigenvalue weighted by Gasteiger charge is 2.19. The third-order valence-electron chi connectivity index (χ3n) is 13.0. The Balaban J connectivity index is 4.32. The highest BCUT2D eigenvalue weighted by atomic mass is 16.6. The van der Waals surface area contributed by atoms with Crippen molar-refractivity contribution in [3.8, 4) is 0 Å². The van der Waals surface area contributed by atoms with Gasteiger partial charge >= 0.3 is 17.9 Å². The molecule has 6 heteroatoms. The SMILES string of the molecule is CC/C=C\C/C=C\C/C=C\C/C=C\C/C=C\CCCCCCCCCCCCCC(=O)OCC(COC(=O)CCCCC/C=C\C/C=C\C/C=C\CC)OC(=O)CCCCCCC/C=C\CCCCCCCCC. The van der Waals surface area contributed by atoms with Gasteiger partial charge in [0.15, 0.2) is 6.10 Å². The molecule has 0 aromatic rings. The van der Waals surface area contributed by atoms with Gasteiger partial charge in [-0.2, -0.15) is 0 Å². The molecule has 0 saturated heterocycles. The molecule has 0 aliphatic carbocycles. The molecule has 74 heavy (non-hydrogen) atoms. The lowest BCUT2D eigenvalue weighted by Crippen LogP contribution is -2.30. The second kappa shape index (κ2) is 61.6. The van der Waals surface area contributed by atoms with Crippen molar-refractivity contribution in [2.75, 3.05) is 13.2 Å². The van der Waals surface area contributed by atoms with Gasteiger partial charge in [-0.1, -0.05) is 252 Å². The fraction of sp³-hybridized carbons (Fsp3) is 0.691. The number of rotatable bonds is 55. The normalized spacial score (nSPS) is 12.9. The average Bonchev–Trinajstić information content (AvgIpc) is 3.40. The van der Waals surface area contributed by atoms with E-state index in [-0.39, 0.29) is 31.1 Å². The summed E-state index contributed by atoms with van der Waals surface area (Å²) in [6.07, 6.45) is 83.8. The smallest absolute Gasteiger partial charge is 0.306 e. The maximum Gasteiger partial charge on any atom is 0.306 e. The first kappa shape index (κ1) is 70.1. The molecule has 6 nitrogen and oxygen atoms in total. The lowest BCUT2D eigenvalue weighted by atomic mass is 10.0. The molecule has 0 saturated carbocycles. The van der Waals surface area contributed by atoms with Gasteiger partial charge in [0.05, 0.1) is 0 Å². The van der Waals surface area contributed by atoms with Gasteiger partial charge in [-0.15, -0.1) is 0 Å². The summed E-state index contributed by atoms with van der Waals surface area (Å²) in [5.41, 5.74) is 0. The summed E-state index contributed by atoms with van der Waals surface area (Å²) in [5.74, 6) is -0.930. The summed E-state index contributed by atoms with van der Waals surface area (Å²) in [6, 6.07) is 0. The van der Waals surface area contributed by atoms with Crippen LogP contribution in [-0.2, 0) is 28.6 Å². The van der Waals surface area contributed by atoms with Crippen LogP contribution in [-0.4, -0.2) is 37.2 Å². The zero-order valence-corrected chi connectivity index (χ0v) is 48.3. The minimum Gasteiger partial charge on any atom is -0.462 e. The molecule has 0 N–H and O–H groups in total. The Hall–Kier alpha value is -3.93. The Kier molecular flexibility index (Phi) is 58.3. The lowest BCUT2D eigenvalue weighted by Gasteiger charge is -2.18. The van der Waals surface area contributed by atoms with Gasteiger partial charge < -0.3 is 14.2 Å². The minimum absolute atomic E-state index is 0.0926. The van der Waals surface area contributed by atoms with Gasteiger partial charge in [-0.3, -0.25) is 14.4 Å². The van der Waals surface area contributed by atoms with E-state index >= 15 is 0 Å². The molecular weight excluding hydrogens is 913 g/mol. The largest absolute Gasteiger partial charge is 0.462 e. The highest BCUT2D eigenvalue weighted by Crippen LogP contribution is 2.15. The van der Waals surface area contributed by atoms with Crippen LogP contribution >= 0.6 is 0 Å². The van der Waals surface area contributed by atoms with Crippen LogP contribution in [0.15, 0.2) is 109 Å². The van der Waals surface area contributed by atoms with Crippen molar-refractivity contribution in [2.45, 2.75) is 290 Å². The summed E-state index contributed by atoms with van der Waals surface area (Å²) < 4.78 is 16.9. The van der Waals surface area contributed by atoms with Gasteiger partial charge in [0.1, 0.15) is 13.2 Å². The fourth-order valence-corrected chi connectivity index (χ4v) is 8.42. The van der Waals surface area contributed by atoms with Gasteiger partial charge in [0.2, 0.25) is 0 Å². The van der Waals surface area contributed by atoms with E-state index in [4.69, 9.17) is 14.2 Å². The predicted octanol–water partition coefficient (Wildman–Crippen LogP) is 21.0. The van der Waals surface area contributed by atoms with E-state index in [1.165, 1.54) is 116 Å². The Morgan fingerprint density at radius 3 is 0.851 bits per heavy atom. The van der Waals surface area contributed by atoms with Gasteiger partial charge in [0, 0.05) is 19.3 Å². The molecule has 0 bridgehead atoms. The van der Waals surface area contributed by atoms with Crippen LogP contribution in [0.4, 0.5) is 0 Å². The third kappa shape index (κ3) is 59.0. The maximum atomic E-state index is 12.9. The second-order valence-corrected chi connectivity index (χ2v) is 20.2. The standard InChI is InChI=1S/C68H114O6/c1-4-7-10-13-16-19-22-25-27-29-30-31-32-33-34-35-36-37-38-39-41-43-46-49-52-55-58-61-67(70)73-64-65(63-72-66(69)60-57-54-51-48-45-42-24-21-18-15-12-9-6-3)74-68(71)62-59-56-53-50-47-44-40-28-26-23-20-17-14-11-8-5-2/h7,9-10,12,16,18-19,21,25,27-28,30-31,33-34,40,42,45,65H,4-6,8,11,13-15,17,20,22-24,26,29,32,35-39,41,43-44,46-64H2,1-3H3/b10-7-,12-9-,19-16-,21-18-,27-25-,31-30-,34-33-,40-28-,45-42-. The van der Waals surface area contributed by atoms with Crippen LogP contribution in [0.5, 0.6) is 0 Å². The van der Waals surface area contributed by atoms with E-state index < -0.39 is 6.10 Å². The van der Waals surface area contributed by atoms with Crippen molar-refractivity contribution >= 4 is 17.9 Å². The average molecular weight is 1030 g/mol. The zero-order valence-electron chi connectivity index (χ0n) is 48.3. The summed E-state index contributed by atoms with van der Waals surface area (Å²) in [4.78, 5) is 38.2. The van der Waals surface area contributed by atoms with Crippen molar-refractivity contribution in [3.05, 3.63) is 109 Å². The first-order valence-corrected chi connectivity index (χ1v) is 30.9. The van der Waals surface area contributed by atoms with Crippen LogP contribution in [0, 0.1) is 0 Å². The Morgan fingerprint density at radius 1 is 0.284 bits per heavy atom. The fourth-order valence-electron chi connectivity index (χ4n) is 8.42. The third-order valence-corrected chi connectivity index (χ3v) is 13.0. The number of hydrogen-bond donors (Lipinski definition) is 0. The van der Waals surface area contributed by atoms with Gasteiger partial charge in [0.25, 0.3) is 0 Å². The number of carbonyl (C=O) groups excluding carboxylic acids is 3. The van der Waals surface area contributed by atoms with E-state index in [1.54, 1.807) is 0 Å². The number of carbonyl (C=O) groups is 3. The Bertz CT molecular complexity index is 1510. The number of unbranched alkanes of at least 4 members (excludes halogenated alkanes) is 26. The van der Waals surface area contributed by atoms with Crippen LogP contribution in [0.3, 0.4) is 0 Å². The van der Waals surface area contributed by atoms with Crippen LogP contribution in [0.2, 0.25) is 0 Å². The van der Waals surface area contributed by atoms with E-state index in [2.05, 4.69) is 130 Å². The number of ether oxygens (including phenoxy) is 3. The molecular formula is C68H114O6. The summed E-state index contributed by atoms with van der Waals surface area (Å²) in [7, 11) is 0. The quantitative estimate of drug-likeness (QED) is 0.0261. The second-order valence-electron chi connectivity index (χ2n) is 20.2. The summed E-state index contributed by atoms with van der Waals surface area (Å²) in [5, 5.41) is 0.